The van der Waals surface area contributed by atoms with Crippen LogP contribution in [-0.2, 0) is 10.8 Å². The SMILES string of the molecule is Cc1cc(C(C)(C)C)c2op(O[C@H](C)CP3[C@@H](c4ccccc4)CC[C@@H]3c3ccccc3)oc3c(C(C)(C)C)cc(C)cc3c2c1. The van der Waals surface area contributed by atoms with Crippen molar-refractivity contribution in [3.8, 4) is 0 Å². The van der Waals surface area contributed by atoms with E-state index in [0.717, 1.165) is 28.1 Å². The Labute approximate surface area is 278 Å². The molecule has 0 aliphatic carbocycles. The number of benzene rings is 4. The van der Waals surface area contributed by atoms with Crippen molar-refractivity contribution in [2.75, 3.05) is 6.16 Å². The second-order valence-corrected chi connectivity index (χ2v) is 19.0. The Morgan fingerprint density at radius 3 is 1.48 bits per heavy atom. The summed E-state index contributed by atoms with van der Waals surface area (Å²) in [5, 5.41) is 2.20. The molecule has 4 aromatic carbocycles. The van der Waals surface area contributed by atoms with E-state index in [1.165, 1.54) is 46.2 Å². The summed E-state index contributed by atoms with van der Waals surface area (Å²) >= 11 is 0. The first-order chi connectivity index (χ1) is 21.8. The van der Waals surface area contributed by atoms with Gasteiger partial charge in [0.15, 0.2) is 0 Å². The molecule has 1 saturated heterocycles. The van der Waals surface area contributed by atoms with Gasteiger partial charge < -0.3 is 8.39 Å². The highest BCUT2D eigenvalue weighted by molar-refractivity contribution is 7.58. The third-order valence-corrected chi connectivity index (χ3v) is 14.2. The van der Waals surface area contributed by atoms with Gasteiger partial charge in [-0.15, -0.1) is 0 Å². The van der Waals surface area contributed by atoms with E-state index in [0.29, 0.717) is 11.3 Å². The molecule has 3 nitrogen and oxygen atoms in total. The van der Waals surface area contributed by atoms with Gasteiger partial charge >= 0.3 is 8.24 Å². The molecule has 46 heavy (non-hydrogen) atoms. The highest BCUT2D eigenvalue weighted by Gasteiger charge is 2.38. The Kier molecular flexibility index (Phi) is 9.35. The predicted octanol–water partition coefficient (Wildman–Crippen LogP) is 13.1. The van der Waals surface area contributed by atoms with Crippen LogP contribution in [0.5, 0.6) is 0 Å². The quantitative estimate of drug-likeness (QED) is 0.171. The molecule has 1 aliphatic heterocycles. The van der Waals surface area contributed by atoms with Crippen LogP contribution >= 0.6 is 16.2 Å². The fourth-order valence-electron chi connectivity index (χ4n) is 7.13. The minimum atomic E-state index is -1.70. The molecule has 1 fully saturated rings. The summed E-state index contributed by atoms with van der Waals surface area (Å²) in [4.78, 5) is 0. The van der Waals surface area contributed by atoms with Crippen molar-refractivity contribution in [2.24, 2.45) is 0 Å². The zero-order valence-electron chi connectivity index (χ0n) is 29.1. The van der Waals surface area contributed by atoms with Gasteiger partial charge in [-0.1, -0.05) is 122 Å². The van der Waals surface area contributed by atoms with E-state index in [2.05, 4.69) is 147 Å². The minimum Gasteiger partial charge on any atom is -0.399 e. The van der Waals surface area contributed by atoms with Crippen LogP contribution in [0.4, 0.5) is 0 Å². The molecule has 5 aromatic rings. The van der Waals surface area contributed by atoms with E-state index in [1.807, 2.05) is 0 Å². The Hall–Kier alpha value is -2.83. The maximum atomic E-state index is 6.95. The first-order valence-corrected chi connectivity index (χ1v) is 19.5. The maximum absolute atomic E-state index is 6.95. The Morgan fingerprint density at radius 2 is 1.09 bits per heavy atom. The summed E-state index contributed by atoms with van der Waals surface area (Å²) in [5.41, 5.74) is 10.5. The summed E-state index contributed by atoms with van der Waals surface area (Å²) in [5.74, 6) is 0. The fraction of sp³-hybridized carbons (Fsp3) is 0.415. The van der Waals surface area contributed by atoms with Crippen LogP contribution in [0.3, 0.4) is 0 Å². The molecule has 6 rings (SSSR count). The van der Waals surface area contributed by atoms with Crippen LogP contribution < -0.4 is 4.52 Å². The van der Waals surface area contributed by atoms with Gasteiger partial charge in [0, 0.05) is 33.2 Å². The van der Waals surface area contributed by atoms with Crippen molar-refractivity contribution >= 4 is 38.1 Å². The van der Waals surface area contributed by atoms with Crippen LogP contribution in [0.2, 0.25) is 0 Å². The smallest absolute Gasteiger partial charge is 0.387 e. The van der Waals surface area contributed by atoms with Crippen molar-refractivity contribution in [3.63, 3.8) is 0 Å². The monoisotopic (exact) mass is 652 g/mol. The zero-order valence-corrected chi connectivity index (χ0v) is 30.8. The molecule has 0 radical (unpaired) electrons. The molecule has 1 aliphatic rings. The Balaban J connectivity index is 1.48. The summed E-state index contributed by atoms with van der Waals surface area (Å²) in [6, 6.07) is 31.4. The summed E-state index contributed by atoms with van der Waals surface area (Å²) in [7, 11) is -2.09. The highest BCUT2D eigenvalue weighted by atomic mass is 31.1. The second-order valence-electron chi connectivity index (χ2n) is 15.3. The van der Waals surface area contributed by atoms with Gasteiger partial charge in [0.05, 0.1) is 6.10 Å². The van der Waals surface area contributed by atoms with Gasteiger partial charge in [-0.3, -0.25) is 4.52 Å². The number of hydrogen-bond acceptors (Lipinski definition) is 3. The van der Waals surface area contributed by atoms with Crippen molar-refractivity contribution < 1.29 is 12.9 Å². The van der Waals surface area contributed by atoms with E-state index < -0.39 is 8.24 Å². The standard InChI is InChI=1S/C41H50O3P2/c1-27-22-32-33-23-28(2)25-35(41(7,8)9)39(33)44-46(43-38(32)34(24-27)40(4,5)6)42-29(3)26-45-36(30-16-12-10-13-17-30)20-21-37(45)31-18-14-11-15-19-31/h10-19,22-25,29,36-37H,20-21,26H2,1-9H3/t29-,36-,37-/m1/s1. The van der Waals surface area contributed by atoms with Crippen LogP contribution in [0.15, 0.2) is 93.3 Å². The summed E-state index contributed by atoms with van der Waals surface area (Å²) in [6.45, 7) is 20.2. The molecule has 2 heterocycles. The minimum absolute atomic E-state index is 0.0233. The second kappa shape index (κ2) is 13.0. The van der Waals surface area contributed by atoms with Crippen LogP contribution in [-0.4, -0.2) is 12.3 Å². The topological polar surface area (TPSA) is 35.5 Å². The van der Waals surface area contributed by atoms with Gasteiger partial charge in [-0.05, 0) is 85.0 Å². The van der Waals surface area contributed by atoms with E-state index in [4.69, 9.17) is 12.9 Å². The van der Waals surface area contributed by atoms with Crippen LogP contribution in [0.25, 0.3) is 21.9 Å². The van der Waals surface area contributed by atoms with E-state index in [9.17, 15) is 0 Å². The number of fused-ring (bicyclic) bond motifs is 3. The molecule has 242 valence electrons. The average Bonchev–Trinajstić information content (AvgIpc) is 3.34. The number of rotatable bonds is 6. The van der Waals surface area contributed by atoms with Crippen molar-refractivity contribution in [1.82, 2.24) is 0 Å². The molecule has 0 N–H and O–H groups in total. The molecule has 0 spiro atoms. The highest BCUT2D eigenvalue weighted by Crippen LogP contribution is 2.70. The Bertz CT molecular complexity index is 1730. The first kappa shape index (κ1) is 33.1. The molecule has 1 aromatic heterocycles. The lowest BCUT2D eigenvalue weighted by Gasteiger charge is -2.28. The Morgan fingerprint density at radius 1 is 0.674 bits per heavy atom. The lowest BCUT2D eigenvalue weighted by molar-refractivity contribution is 0.302. The summed E-state index contributed by atoms with van der Waals surface area (Å²) in [6.07, 6.45) is 3.41. The van der Waals surface area contributed by atoms with E-state index in [-0.39, 0.29) is 24.9 Å². The van der Waals surface area contributed by atoms with Crippen molar-refractivity contribution in [2.45, 2.75) is 103 Å². The van der Waals surface area contributed by atoms with Crippen molar-refractivity contribution in [3.05, 3.63) is 118 Å². The molecular formula is C41H50O3P2. The largest absolute Gasteiger partial charge is 0.399 e. The molecule has 0 saturated carbocycles. The average molecular weight is 653 g/mol. The van der Waals surface area contributed by atoms with E-state index >= 15 is 0 Å². The lowest BCUT2D eigenvalue weighted by Crippen LogP contribution is -2.16. The van der Waals surface area contributed by atoms with Gasteiger partial charge in [-0.25, -0.2) is 0 Å². The molecule has 3 atom stereocenters. The molecule has 0 amide bonds. The van der Waals surface area contributed by atoms with E-state index in [1.54, 1.807) is 0 Å². The van der Waals surface area contributed by atoms with Gasteiger partial charge in [0.1, 0.15) is 11.2 Å². The number of hydrogen-bond donors (Lipinski definition) is 0. The fourth-order valence-corrected chi connectivity index (χ4v) is 12.1. The van der Waals surface area contributed by atoms with Gasteiger partial charge in [0.25, 0.3) is 0 Å². The molecular weight excluding hydrogens is 602 g/mol. The molecule has 0 bridgehead atoms. The third-order valence-electron chi connectivity index (χ3n) is 9.32. The molecule has 5 heteroatoms. The zero-order chi connectivity index (χ0) is 32.8. The van der Waals surface area contributed by atoms with Gasteiger partial charge in [-0.2, -0.15) is 0 Å². The predicted molar refractivity (Wildman–Crippen MR) is 199 cm³/mol. The number of aryl methyl sites for hydroxylation is 2. The molecule has 0 unspecified atom stereocenters. The lowest BCUT2D eigenvalue weighted by atomic mass is 9.83. The summed E-state index contributed by atoms with van der Waals surface area (Å²) < 4.78 is 20.8. The van der Waals surface area contributed by atoms with Crippen LogP contribution in [0.1, 0.15) is 106 Å². The van der Waals surface area contributed by atoms with Crippen molar-refractivity contribution in [1.29, 1.82) is 0 Å². The maximum Gasteiger partial charge on any atom is 0.387 e. The normalized spacial score (nSPS) is 18.4. The van der Waals surface area contributed by atoms with Gasteiger partial charge in [0.2, 0.25) is 0 Å². The first-order valence-electron chi connectivity index (χ1n) is 16.8. The third kappa shape index (κ3) is 6.89. The van der Waals surface area contributed by atoms with Crippen LogP contribution in [0, 0.1) is 13.8 Å².